The number of carbonyl (C=O) groups excluding carboxylic acids is 1. The molecule has 0 bridgehead atoms. The number of amides is 1. The molecule has 4 fully saturated rings. The number of aliphatic hydroxyl groups is 3. The van der Waals surface area contributed by atoms with E-state index in [0.29, 0.717) is 18.4 Å². The molecule has 1 amide bonds. The Hall–Kier alpha value is -0.130. The van der Waals surface area contributed by atoms with Gasteiger partial charge in [0.2, 0.25) is 5.91 Å². The fourth-order valence-electron chi connectivity index (χ4n) is 6.27. The van der Waals surface area contributed by atoms with Gasteiger partial charge in [0.25, 0.3) is 0 Å². The number of nitrogens with one attached hydrogen (secondary N) is 2. The highest BCUT2D eigenvalue weighted by molar-refractivity contribution is 7.99. The number of aliphatic hydroxyl groups excluding tert-OH is 3. The Morgan fingerprint density at radius 3 is 2.48 bits per heavy atom. The number of thioether (sulfide) groups is 1. The Kier molecular flexibility index (Phi) is 8.88. The molecule has 0 aromatic rings. The predicted molar refractivity (Wildman–Crippen MR) is 127 cm³/mol. The van der Waals surface area contributed by atoms with E-state index in [0.717, 1.165) is 25.3 Å². The lowest BCUT2D eigenvalue weighted by Gasteiger charge is -2.44. The van der Waals surface area contributed by atoms with Crippen molar-refractivity contribution in [3.63, 3.8) is 0 Å². The molecule has 4 aliphatic rings. The maximum atomic E-state index is 13.3. The normalized spacial score (nSPS) is 44.1. The molecule has 0 spiro atoms. The van der Waals surface area contributed by atoms with Crippen LogP contribution in [0.1, 0.15) is 45.4 Å². The molecule has 2 unspecified atom stereocenters. The summed E-state index contributed by atoms with van der Waals surface area (Å²) >= 11 is 7.65. The highest BCUT2D eigenvalue weighted by Crippen LogP contribution is 2.40. The Labute approximate surface area is 205 Å². The molecule has 33 heavy (non-hydrogen) atoms. The third kappa shape index (κ3) is 5.50. The van der Waals surface area contributed by atoms with Crippen LogP contribution < -0.4 is 10.6 Å². The van der Waals surface area contributed by atoms with Crippen LogP contribution in [-0.4, -0.2) is 94.1 Å². The van der Waals surface area contributed by atoms with Gasteiger partial charge in [-0.2, -0.15) is 0 Å². The van der Waals surface area contributed by atoms with Gasteiger partial charge in [0.15, 0.2) is 0 Å². The van der Waals surface area contributed by atoms with Crippen LogP contribution in [0.2, 0.25) is 0 Å². The van der Waals surface area contributed by atoms with E-state index in [9.17, 15) is 20.1 Å². The van der Waals surface area contributed by atoms with Crippen molar-refractivity contribution in [1.29, 1.82) is 0 Å². The van der Waals surface area contributed by atoms with Crippen molar-refractivity contribution in [3.05, 3.63) is 0 Å². The Bertz CT molecular complexity index is 667. The SMILES string of the molecule is CSC1O[C@H]([C@H](NC(=O)[C@H]2NC[C@@H]3C[C@H](C4CCCC4)CCO[C@H]32)[C@H](C)Cl)C(O)[C@@H](O)[C@H]1O. The second-order valence-corrected chi connectivity index (χ2v) is 11.8. The Morgan fingerprint density at radius 1 is 1.09 bits per heavy atom. The minimum Gasteiger partial charge on any atom is -0.388 e. The molecule has 4 rings (SSSR count). The summed E-state index contributed by atoms with van der Waals surface area (Å²) in [7, 11) is 0. The van der Waals surface area contributed by atoms with Gasteiger partial charge in [0.1, 0.15) is 35.9 Å². The van der Waals surface area contributed by atoms with Gasteiger partial charge >= 0.3 is 0 Å². The van der Waals surface area contributed by atoms with Crippen LogP contribution in [0.25, 0.3) is 0 Å². The van der Waals surface area contributed by atoms with Gasteiger partial charge in [-0.3, -0.25) is 4.79 Å². The van der Waals surface area contributed by atoms with Gasteiger partial charge < -0.3 is 35.4 Å². The third-order valence-electron chi connectivity index (χ3n) is 8.14. The number of hydrogen-bond acceptors (Lipinski definition) is 8. The first-order chi connectivity index (χ1) is 15.8. The van der Waals surface area contributed by atoms with Crippen molar-refractivity contribution in [2.24, 2.45) is 17.8 Å². The van der Waals surface area contributed by atoms with Crippen LogP contribution in [-0.2, 0) is 14.3 Å². The van der Waals surface area contributed by atoms with E-state index in [2.05, 4.69) is 10.6 Å². The number of rotatable bonds is 6. The topological polar surface area (TPSA) is 120 Å². The van der Waals surface area contributed by atoms with Gasteiger partial charge in [-0.05, 0) is 43.8 Å². The standard InChI is InChI=1S/C23H39ClN2O6S/c1-11(24)15(21-18(28)17(27)19(29)23(32-21)33-2)26-22(30)16-20-14(10-25-16)9-13(7-8-31-20)12-5-3-4-6-12/h11-21,23,25,27-29H,3-10H2,1-2H3,(H,26,30)/t11-,13+,14-,15+,16-,17+,18?,19+,20+,21+,23?/m0/s1. The lowest BCUT2D eigenvalue weighted by molar-refractivity contribution is -0.205. The average Bonchev–Trinajstić information content (AvgIpc) is 3.42. The van der Waals surface area contributed by atoms with Gasteiger partial charge in [-0.15, -0.1) is 23.4 Å². The summed E-state index contributed by atoms with van der Waals surface area (Å²) in [6, 6.07) is -1.24. The molecule has 5 N–H and O–H groups in total. The smallest absolute Gasteiger partial charge is 0.240 e. The molecule has 10 heteroatoms. The van der Waals surface area contributed by atoms with Crippen molar-refractivity contribution >= 4 is 29.3 Å². The van der Waals surface area contributed by atoms with E-state index >= 15 is 0 Å². The van der Waals surface area contributed by atoms with Crippen LogP contribution in [0.4, 0.5) is 0 Å². The number of fused-ring (bicyclic) bond motifs is 1. The first-order valence-electron chi connectivity index (χ1n) is 12.3. The van der Waals surface area contributed by atoms with Crippen LogP contribution in [0.15, 0.2) is 0 Å². The maximum Gasteiger partial charge on any atom is 0.240 e. The fourth-order valence-corrected chi connectivity index (χ4v) is 7.16. The Morgan fingerprint density at radius 2 is 1.82 bits per heavy atom. The molecule has 0 aromatic carbocycles. The number of hydrogen-bond donors (Lipinski definition) is 5. The quantitative estimate of drug-likeness (QED) is 0.336. The molecule has 190 valence electrons. The Balaban J connectivity index is 1.41. The minimum atomic E-state index is -1.39. The van der Waals surface area contributed by atoms with E-state index in [1.807, 2.05) is 0 Å². The zero-order valence-electron chi connectivity index (χ0n) is 19.4. The molecule has 3 aliphatic heterocycles. The van der Waals surface area contributed by atoms with E-state index in [1.165, 1.54) is 37.4 Å². The highest BCUT2D eigenvalue weighted by atomic mass is 35.5. The number of ether oxygens (including phenoxy) is 2. The monoisotopic (exact) mass is 506 g/mol. The van der Waals surface area contributed by atoms with Gasteiger partial charge in [0, 0.05) is 13.2 Å². The van der Waals surface area contributed by atoms with Crippen molar-refractivity contribution < 1.29 is 29.6 Å². The van der Waals surface area contributed by atoms with E-state index in [1.54, 1.807) is 13.2 Å². The second-order valence-electron chi connectivity index (χ2n) is 10.2. The largest absolute Gasteiger partial charge is 0.388 e. The minimum absolute atomic E-state index is 0.189. The van der Waals surface area contributed by atoms with Crippen molar-refractivity contribution in [1.82, 2.24) is 10.6 Å². The maximum absolute atomic E-state index is 13.3. The van der Waals surface area contributed by atoms with E-state index in [-0.39, 0.29) is 12.0 Å². The van der Waals surface area contributed by atoms with Crippen LogP contribution in [0, 0.1) is 17.8 Å². The predicted octanol–water partition coefficient (Wildman–Crippen LogP) is 0.843. The zero-order chi connectivity index (χ0) is 23.7. The molecule has 0 aromatic heterocycles. The van der Waals surface area contributed by atoms with Gasteiger partial charge in [-0.1, -0.05) is 25.7 Å². The van der Waals surface area contributed by atoms with Crippen molar-refractivity contribution in [3.8, 4) is 0 Å². The molecule has 11 atom stereocenters. The van der Waals surface area contributed by atoms with Gasteiger partial charge in [-0.25, -0.2) is 0 Å². The highest BCUT2D eigenvalue weighted by Gasteiger charge is 2.49. The molecule has 0 radical (unpaired) electrons. The second kappa shape index (κ2) is 11.3. The molecular weight excluding hydrogens is 468 g/mol. The van der Waals surface area contributed by atoms with E-state index < -0.39 is 47.3 Å². The van der Waals surface area contributed by atoms with Crippen LogP contribution in [0.5, 0.6) is 0 Å². The summed E-state index contributed by atoms with van der Waals surface area (Å²) < 4.78 is 12.1. The van der Waals surface area contributed by atoms with Crippen LogP contribution in [0.3, 0.4) is 0 Å². The number of alkyl halides is 1. The molecule has 3 heterocycles. The summed E-state index contributed by atoms with van der Waals surface area (Å²) in [4.78, 5) is 13.3. The van der Waals surface area contributed by atoms with E-state index in [4.69, 9.17) is 21.1 Å². The summed E-state index contributed by atoms with van der Waals surface area (Å²) in [6.07, 6.45) is 4.06. The lowest BCUT2D eigenvalue weighted by atomic mass is 9.81. The summed E-state index contributed by atoms with van der Waals surface area (Å²) in [5, 5.41) is 36.8. The molecular formula is C23H39ClN2O6S. The average molecular weight is 507 g/mol. The molecule has 1 saturated carbocycles. The summed E-state index contributed by atoms with van der Waals surface area (Å²) in [5.41, 5.74) is -0.727. The molecule has 1 aliphatic carbocycles. The fraction of sp³-hybridized carbons (Fsp3) is 0.957. The molecule has 8 nitrogen and oxygen atoms in total. The first-order valence-corrected chi connectivity index (χ1v) is 14.1. The van der Waals surface area contributed by atoms with Crippen LogP contribution >= 0.6 is 23.4 Å². The van der Waals surface area contributed by atoms with Gasteiger partial charge in [0.05, 0.1) is 17.5 Å². The number of halogens is 1. The van der Waals surface area contributed by atoms with Crippen molar-refractivity contribution in [2.75, 3.05) is 19.4 Å². The molecule has 3 saturated heterocycles. The first kappa shape index (κ1) is 25.9. The lowest BCUT2D eigenvalue weighted by Crippen LogP contribution is -2.65. The van der Waals surface area contributed by atoms with Crippen molar-refractivity contribution in [2.45, 2.75) is 98.9 Å². The summed E-state index contributed by atoms with van der Waals surface area (Å²) in [6.45, 7) is 3.13. The number of carbonyl (C=O) groups is 1. The third-order valence-corrected chi connectivity index (χ3v) is 9.27. The summed E-state index contributed by atoms with van der Waals surface area (Å²) in [5.74, 6) is 1.52. The zero-order valence-corrected chi connectivity index (χ0v) is 21.0.